The van der Waals surface area contributed by atoms with Crippen LogP contribution in [0.2, 0.25) is 0 Å². The highest BCUT2D eigenvalue weighted by Gasteiger charge is 2.10. The van der Waals surface area contributed by atoms with Crippen molar-refractivity contribution in [2.75, 3.05) is 11.9 Å². The van der Waals surface area contributed by atoms with Gasteiger partial charge in [-0.2, -0.15) is 0 Å². The summed E-state index contributed by atoms with van der Waals surface area (Å²) in [4.78, 5) is 12.0. The lowest BCUT2D eigenvalue weighted by Crippen LogP contribution is -2.12. The summed E-state index contributed by atoms with van der Waals surface area (Å²) in [5.41, 5.74) is 5.78. The molecule has 1 amide bonds. The van der Waals surface area contributed by atoms with Crippen molar-refractivity contribution < 1.29 is 13.9 Å². The number of nitrogens with one attached hydrogen (secondary N) is 1. The molecule has 0 unspecified atom stereocenters. The van der Waals surface area contributed by atoms with Crippen LogP contribution in [0.15, 0.2) is 48.5 Å². The van der Waals surface area contributed by atoms with Gasteiger partial charge in [-0.1, -0.05) is 31.0 Å². The molecule has 0 aromatic heterocycles. The zero-order valence-corrected chi connectivity index (χ0v) is 13.6. The first-order valence-electron chi connectivity index (χ1n) is 8.21. The number of ether oxygens (including phenoxy) is 1. The van der Waals surface area contributed by atoms with Crippen LogP contribution in [0.3, 0.4) is 0 Å². The summed E-state index contributed by atoms with van der Waals surface area (Å²) in [5, 5.41) is 2.73. The fraction of sp³-hybridized carbons (Fsp3) is 0.316. The number of rotatable bonds is 9. The van der Waals surface area contributed by atoms with E-state index in [-0.39, 0.29) is 5.91 Å². The average molecular weight is 330 g/mol. The number of amides is 1. The van der Waals surface area contributed by atoms with Crippen molar-refractivity contribution >= 4 is 11.6 Å². The standard InChI is InChI=1S/C19H23FN2O2/c20-15-11-12-18(24-16-8-4-3-5-9-16)17(14-15)22-19(23)10-6-1-2-7-13-21/h3-5,8-9,11-12,14H,1-2,6-7,10,13,21H2,(H,22,23). The third-order valence-corrected chi connectivity index (χ3v) is 3.54. The van der Waals surface area contributed by atoms with Gasteiger partial charge in [-0.25, -0.2) is 4.39 Å². The van der Waals surface area contributed by atoms with E-state index in [0.717, 1.165) is 25.7 Å². The molecule has 0 spiro atoms. The Morgan fingerprint density at radius 2 is 1.79 bits per heavy atom. The molecule has 0 saturated heterocycles. The smallest absolute Gasteiger partial charge is 0.224 e. The Morgan fingerprint density at radius 3 is 2.54 bits per heavy atom. The first-order valence-corrected chi connectivity index (χ1v) is 8.21. The largest absolute Gasteiger partial charge is 0.455 e. The maximum atomic E-state index is 13.5. The van der Waals surface area contributed by atoms with Gasteiger partial charge in [-0.3, -0.25) is 4.79 Å². The molecule has 128 valence electrons. The van der Waals surface area contributed by atoms with Gasteiger partial charge in [-0.05, 0) is 43.7 Å². The van der Waals surface area contributed by atoms with E-state index in [1.54, 1.807) is 12.1 Å². The van der Waals surface area contributed by atoms with E-state index in [9.17, 15) is 9.18 Å². The third kappa shape index (κ3) is 6.01. The monoisotopic (exact) mass is 330 g/mol. The lowest BCUT2D eigenvalue weighted by molar-refractivity contribution is -0.116. The van der Waals surface area contributed by atoms with Crippen LogP contribution in [0.25, 0.3) is 0 Å². The highest BCUT2D eigenvalue weighted by molar-refractivity contribution is 5.92. The third-order valence-electron chi connectivity index (χ3n) is 3.54. The van der Waals surface area contributed by atoms with Gasteiger partial charge < -0.3 is 15.8 Å². The van der Waals surface area contributed by atoms with E-state index in [2.05, 4.69) is 5.32 Å². The van der Waals surface area contributed by atoms with Gasteiger partial charge in [0, 0.05) is 12.5 Å². The molecule has 4 nitrogen and oxygen atoms in total. The molecule has 2 rings (SSSR count). The van der Waals surface area contributed by atoms with Gasteiger partial charge in [0.1, 0.15) is 11.6 Å². The van der Waals surface area contributed by atoms with Crippen LogP contribution < -0.4 is 15.8 Å². The average Bonchev–Trinajstić information content (AvgIpc) is 2.58. The van der Waals surface area contributed by atoms with E-state index in [1.807, 2.05) is 18.2 Å². The zero-order valence-electron chi connectivity index (χ0n) is 13.6. The van der Waals surface area contributed by atoms with Crippen molar-refractivity contribution in [3.05, 3.63) is 54.3 Å². The second-order valence-corrected chi connectivity index (χ2v) is 5.56. The van der Waals surface area contributed by atoms with Gasteiger partial charge in [-0.15, -0.1) is 0 Å². The van der Waals surface area contributed by atoms with E-state index < -0.39 is 5.82 Å². The normalized spacial score (nSPS) is 10.4. The number of carbonyl (C=O) groups excluding carboxylic acids is 1. The van der Waals surface area contributed by atoms with Crippen LogP contribution >= 0.6 is 0 Å². The Hall–Kier alpha value is -2.40. The molecule has 5 heteroatoms. The van der Waals surface area contributed by atoms with E-state index in [4.69, 9.17) is 10.5 Å². The predicted octanol–water partition coefficient (Wildman–Crippen LogP) is 4.47. The summed E-state index contributed by atoms with van der Waals surface area (Å²) in [6, 6.07) is 13.3. The molecule has 0 aliphatic carbocycles. The number of anilines is 1. The SMILES string of the molecule is NCCCCCCC(=O)Nc1cc(F)ccc1Oc1ccccc1. The lowest BCUT2D eigenvalue weighted by atomic mass is 10.1. The van der Waals surface area contributed by atoms with Crippen molar-refractivity contribution in [3.8, 4) is 11.5 Å². The minimum Gasteiger partial charge on any atom is -0.455 e. The number of hydrogen-bond donors (Lipinski definition) is 2. The first kappa shape index (κ1) is 17.9. The molecule has 0 fully saturated rings. The Balaban J connectivity index is 1.95. The number of unbranched alkanes of at least 4 members (excludes halogenated alkanes) is 3. The molecule has 0 radical (unpaired) electrons. The van der Waals surface area contributed by atoms with Crippen molar-refractivity contribution in [2.24, 2.45) is 5.73 Å². The van der Waals surface area contributed by atoms with E-state index >= 15 is 0 Å². The van der Waals surface area contributed by atoms with Crippen LogP contribution in [0.1, 0.15) is 32.1 Å². The van der Waals surface area contributed by atoms with Crippen LogP contribution in [0.4, 0.5) is 10.1 Å². The van der Waals surface area contributed by atoms with Crippen LogP contribution in [-0.4, -0.2) is 12.5 Å². The van der Waals surface area contributed by atoms with Gasteiger partial charge in [0.25, 0.3) is 0 Å². The van der Waals surface area contributed by atoms with Crippen molar-refractivity contribution in [1.29, 1.82) is 0 Å². The number of para-hydroxylation sites is 1. The maximum Gasteiger partial charge on any atom is 0.224 e. The van der Waals surface area contributed by atoms with Crippen molar-refractivity contribution in [2.45, 2.75) is 32.1 Å². The summed E-state index contributed by atoms with van der Waals surface area (Å²) in [7, 11) is 0. The lowest BCUT2D eigenvalue weighted by Gasteiger charge is -2.12. The molecule has 0 bridgehead atoms. The Labute approximate surface area is 141 Å². The molecule has 0 saturated carbocycles. The second-order valence-electron chi connectivity index (χ2n) is 5.56. The van der Waals surface area contributed by atoms with Crippen LogP contribution in [-0.2, 0) is 4.79 Å². The highest BCUT2D eigenvalue weighted by atomic mass is 19.1. The first-order chi connectivity index (χ1) is 11.7. The number of hydrogen-bond acceptors (Lipinski definition) is 3. The van der Waals surface area contributed by atoms with Gasteiger partial charge >= 0.3 is 0 Å². The fourth-order valence-corrected chi connectivity index (χ4v) is 2.30. The van der Waals surface area contributed by atoms with E-state index in [0.29, 0.717) is 30.2 Å². The Morgan fingerprint density at radius 1 is 1.04 bits per heavy atom. The molecule has 2 aromatic carbocycles. The quantitative estimate of drug-likeness (QED) is 0.667. The molecule has 0 atom stereocenters. The minimum absolute atomic E-state index is 0.147. The number of halogens is 1. The number of benzene rings is 2. The molecule has 0 aliphatic heterocycles. The number of carbonyl (C=O) groups is 1. The fourth-order valence-electron chi connectivity index (χ4n) is 2.30. The predicted molar refractivity (Wildman–Crippen MR) is 93.7 cm³/mol. The number of nitrogens with two attached hydrogens (primary N) is 1. The van der Waals surface area contributed by atoms with Crippen molar-refractivity contribution in [1.82, 2.24) is 0 Å². The summed E-state index contributed by atoms with van der Waals surface area (Å²) in [5.74, 6) is 0.473. The maximum absolute atomic E-state index is 13.5. The second kappa shape index (κ2) is 9.67. The summed E-state index contributed by atoms with van der Waals surface area (Å²) >= 11 is 0. The Bertz CT molecular complexity index is 647. The molecular weight excluding hydrogens is 307 g/mol. The summed E-state index contributed by atoms with van der Waals surface area (Å²) in [6.45, 7) is 0.676. The van der Waals surface area contributed by atoms with E-state index in [1.165, 1.54) is 18.2 Å². The minimum atomic E-state index is -0.423. The zero-order chi connectivity index (χ0) is 17.2. The summed E-state index contributed by atoms with van der Waals surface area (Å²) in [6.07, 6.45) is 4.13. The molecule has 0 aliphatic rings. The topological polar surface area (TPSA) is 64.4 Å². The molecule has 3 N–H and O–H groups in total. The molecule has 2 aromatic rings. The summed E-state index contributed by atoms with van der Waals surface area (Å²) < 4.78 is 19.2. The molecular formula is C19H23FN2O2. The molecule has 24 heavy (non-hydrogen) atoms. The molecule has 0 heterocycles. The van der Waals surface area contributed by atoms with Gasteiger partial charge in [0.15, 0.2) is 5.75 Å². The highest BCUT2D eigenvalue weighted by Crippen LogP contribution is 2.30. The van der Waals surface area contributed by atoms with Gasteiger partial charge in [0.05, 0.1) is 5.69 Å². The van der Waals surface area contributed by atoms with Crippen LogP contribution in [0.5, 0.6) is 11.5 Å². The Kier molecular flexibility index (Phi) is 7.23. The van der Waals surface area contributed by atoms with Crippen molar-refractivity contribution in [3.63, 3.8) is 0 Å². The van der Waals surface area contributed by atoms with Crippen LogP contribution in [0, 0.1) is 5.82 Å². The van der Waals surface area contributed by atoms with Gasteiger partial charge in [0.2, 0.25) is 5.91 Å².